The number of hydrogen-bond acceptors (Lipinski definition) is 6. The van der Waals surface area contributed by atoms with Crippen LogP contribution in [0.3, 0.4) is 0 Å². The molecule has 1 aliphatic heterocycles. The zero-order chi connectivity index (χ0) is 16.3. The first-order valence-corrected chi connectivity index (χ1v) is 6.69. The highest BCUT2D eigenvalue weighted by Crippen LogP contribution is 2.30. The molecule has 1 saturated heterocycles. The quantitative estimate of drug-likeness (QED) is 0.505. The molecule has 0 aromatic carbocycles. The highest BCUT2D eigenvalue weighted by atomic mass is 35.5. The molecule has 2 rings (SSSR count). The van der Waals surface area contributed by atoms with Crippen LogP contribution >= 0.6 is 12.4 Å². The van der Waals surface area contributed by atoms with Gasteiger partial charge in [-0.25, -0.2) is 4.68 Å². The molecule has 0 radical (unpaired) electrons. The minimum absolute atomic E-state index is 0. The van der Waals surface area contributed by atoms with Crippen LogP contribution in [-0.4, -0.2) is 60.8 Å². The van der Waals surface area contributed by atoms with Gasteiger partial charge in [-0.15, -0.1) is 17.5 Å². The Kier molecular flexibility index (Phi) is 6.46. The van der Waals surface area contributed by atoms with E-state index >= 15 is 0 Å². The Morgan fingerprint density at radius 1 is 1.26 bits per heavy atom. The molecule has 0 unspecified atom stereocenters. The van der Waals surface area contributed by atoms with Gasteiger partial charge in [0.1, 0.15) is 6.04 Å². The Balaban J connectivity index is 0.00000264. The van der Waals surface area contributed by atoms with Crippen LogP contribution in [0.4, 0.5) is 0 Å². The van der Waals surface area contributed by atoms with Crippen LogP contribution in [-0.2, 0) is 20.8 Å². The zero-order valence-electron chi connectivity index (χ0n) is 12.0. The van der Waals surface area contributed by atoms with E-state index in [-0.39, 0.29) is 38.2 Å². The Bertz CT molecular complexity index is 592. The Labute approximate surface area is 136 Å². The molecule has 3 atom stereocenters. The summed E-state index contributed by atoms with van der Waals surface area (Å²) in [4.78, 5) is 32.7. The summed E-state index contributed by atoms with van der Waals surface area (Å²) in [6.45, 7) is 0.261. The van der Waals surface area contributed by atoms with Crippen LogP contribution < -0.4 is 5.32 Å². The second kappa shape index (κ2) is 7.88. The third-order valence-electron chi connectivity index (χ3n) is 3.64. The van der Waals surface area contributed by atoms with Gasteiger partial charge in [0.05, 0.1) is 24.6 Å². The number of carbonyl (C=O) groups is 3. The first-order chi connectivity index (χ1) is 10.4. The molecule has 1 aromatic heterocycles. The third-order valence-corrected chi connectivity index (χ3v) is 3.64. The third kappa shape index (κ3) is 4.63. The maximum atomic E-state index is 11.2. The number of aryl methyl sites for hydroxylation is 1. The second-order valence-corrected chi connectivity index (χ2v) is 5.14. The molecule has 0 amide bonds. The summed E-state index contributed by atoms with van der Waals surface area (Å²) in [5.74, 6) is -3.81. The Hall–Kier alpha value is -2.20. The van der Waals surface area contributed by atoms with Crippen molar-refractivity contribution in [2.24, 2.45) is 5.92 Å². The summed E-state index contributed by atoms with van der Waals surface area (Å²) in [6.07, 6.45) is 1.35. The van der Waals surface area contributed by atoms with Gasteiger partial charge in [-0.1, -0.05) is 5.21 Å². The average molecular weight is 349 g/mol. The molecule has 1 aromatic rings. The van der Waals surface area contributed by atoms with Gasteiger partial charge in [0.2, 0.25) is 0 Å². The van der Waals surface area contributed by atoms with Crippen molar-refractivity contribution in [3.05, 3.63) is 11.9 Å². The van der Waals surface area contributed by atoms with E-state index in [0.29, 0.717) is 5.69 Å². The summed E-state index contributed by atoms with van der Waals surface area (Å²) in [5, 5.41) is 37.2. The van der Waals surface area contributed by atoms with E-state index in [2.05, 4.69) is 15.6 Å². The molecule has 128 valence electrons. The lowest BCUT2D eigenvalue weighted by Gasteiger charge is -2.19. The SMILES string of the molecule is Cl.O=C(O)CCc1cn([C@H]2CN[C@H](C(=O)O)[C@H]2CC(=O)O)nn1. The van der Waals surface area contributed by atoms with Gasteiger partial charge in [-0.05, 0) is 0 Å². The van der Waals surface area contributed by atoms with Gasteiger partial charge in [0.15, 0.2) is 0 Å². The lowest BCUT2D eigenvalue weighted by molar-refractivity contribution is -0.142. The Morgan fingerprint density at radius 2 is 1.96 bits per heavy atom. The van der Waals surface area contributed by atoms with Crippen LogP contribution in [0.15, 0.2) is 6.20 Å². The fraction of sp³-hybridized carbons (Fsp3) is 0.583. The van der Waals surface area contributed by atoms with Gasteiger partial charge in [-0.2, -0.15) is 0 Å². The molecule has 2 heterocycles. The van der Waals surface area contributed by atoms with Crippen LogP contribution in [0.5, 0.6) is 0 Å². The molecule has 0 bridgehead atoms. The lowest BCUT2D eigenvalue weighted by atomic mass is 9.93. The van der Waals surface area contributed by atoms with Crippen molar-refractivity contribution >= 4 is 30.3 Å². The molecule has 1 fully saturated rings. The number of carboxylic acid groups (broad SMARTS) is 3. The van der Waals surface area contributed by atoms with E-state index in [1.807, 2.05) is 0 Å². The first kappa shape index (κ1) is 18.8. The van der Waals surface area contributed by atoms with Crippen molar-refractivity contribution in [3.8, 4) is 0 Å². The number of aromatic nitrogens is 3. The monoisotopic (exact) mass is 348 g/mol. The van der Waals surface area contributed by atoms with Gasteiger partial charge in [-0.3, -0.25) is 14.4 Å². The average Bonchev–Trinajstić information content (AvgIpc) is 3.01. The summed E-state index contributed by atoms with van der Waals surface area (Å²) < 4.78 is 1.42. The van der Waals surface area contributed by atoms with Crippen LogP contribution in [0.25, 0.3) is 0 Å². The minimum Gasteiger partial charge on any atom is -0.481 e. The summed E-state index contributed by atoms with van der Waals surface area (Å²) >= 11 is 0. The molecule has 10 nitrogen and oxygen atoms in total. The fourth-order valence-electron chi connectivity index (χ4n) is 2.61. The Morgan fingerprint density at radius 3 is 2.52 bits per heavy atom. The lowest BCUT2D eigenvalue weighted by Crippen LogP contribution is -2.37. The van der Waals surface area contributed by atoms with E-state index in [0.717, 1.165) is 0 Å². The molecule has 1 aliphatic rings. The van der Waals surface area contributed by atoms with E-state index in [9.17, 15) is 14.4 Å². The largest absolute Gasteiger partial charge is 0.481 e. The summed E-state index contributed by atoms with van der Waals surface area (Å²) in [6, 6.07) is -1.42. The van der Waals surface area contributed by atoms with Crippen molar-refractivity contribution in [1.82, 2.24) is 20.3 Å². The van der Waals surface area contributed by atoms with Crippen molar-refractivity contribution in [2.45, 2.75) is 31.3 Å². The molecule has 4 N–H and O–H groups in total. The van der Waals surface area contributed by atoms with Crippen LogP contribution in [0.2, 0.25) is 0 Å². The molecule has 11 heteroatoms. The number of nitrogens with one attached hydrogen (secondary N) is 1. The summed E-state index contributed by atoms with van der Waals surface area (Å²) in [5.41, 5.74) is 0.468. The van der Waals surface area contributed by atoms with Gasteiger partial charge >= 0.3 is 17.9 Å². The van der Waals surface area contributed by atoms with E-state index in [4.69, 9.17) is 15.3 Å². The number of halogens is 1. The highest BCUT2D eigenvalue weighted by molar-refractivity contribution is 5.85. The van der Waals surface area contributed by atoms with Crippen molar-refractivity contribution in [2.75, 3.05) is 6.54 Å². The maximum absolute atomic E-state index is 11.2. The molecule has 23 heavy (non-hydrogen) atoms. The molecule has 0 spiro atoms. The van der Waals surface area contributed by atoms with Gasteiger partial charge < -0.3 is 20.6 Å². The van der Waals surface area contributed by atoms with Crippen molar-refractivity contribution in [1.29, 1.82) is 0 Å². The van der Waals surface area contributed by atoms with Crippen LogP contribution in [0, 0.1) is 5.92 Å². The standard InChI is InChI=1S/C12H16N4O6.ClH/c17-9(18)2-1-6-5-16(15-14-6)8-4-13-11(12(21)22)7(8)3-10(19)20;/h5,7-8,11,13H,1-4H2,(H,17,18)(H,19,20)(H,21,22);1H/t7-,8-,11-;/m0./s1. The van der Waals surface area contributed by atoms with E-state index < -0.39 is 35.9 Å². The minimum atomic E-state index is -1.11. The molecule has 0 saturated carbocycles. The predicted molar refractivity (Wildman–Crippen MR) is 77.4 cm³/mol. The van der Waals surface area contributed by atoms with E-state index in [1.165, 1.54) is 10.9 Å². The predicted octanol–water partition coefficient (Wildman–Crippen LogP) is -0.594. The van der Waals surface area contributed by atoms with Crippen molar-refractivity contribution in [3.63, 3.8) is 0 Å². The number of nitrogens with zero attached hydrogens (tertiary/aromatic N) is 3. The first-order valence-electron chi connectivity index (χ1n) is 6.69. The number of hydrogen-bond donors (Lipinski definition) is 4. The second-order valence-electron chi connectivity index (χ2n) is 5.14. The molecular formula is C12H17ClN4O6. The highest BCUT2D eigenvalue weighted by Gasteiger charge is 2.42. The van der Waals surface area contributed by atoms with Gasteiger partial charge in [0, 0.05) is 25.1 Å². The molecular weight excluding hydrogens is 332 g/mol. The fourth-order valence-corrected chi connectivity index (χ4v) is 2.61. The number of rotatable bonds is 7. The molecule has 0 aliphatic carbocycles. The smallest absolute Gasteiger partial charge is 0.321 e. The normalized spacial score (nSPS) is 23.2. The maximum Gasteiger partial charge on any atom is 0.321 e. The number of aliphatic carboxylic acids is 3. The van der Waals surface area contributed by atoms with Crippen molar-refractivity contribution < 1.29 is 29.7 Å². The van der Waals surface area contributed by atoms with E-state index in [1.54, 1.807) is 0 Å². The van der Waals surface area contributed by atoms with Crippen LogP contribution in [0.1, 0.15) is 24.6 Å². The topological polar surface area (TPSA) is 155 Å². The van der Waals surface area contributed by atoms with Gasteiger partial charge in [0.25, 0.3) is 0 Å². The summed E-state index contributed by atoms with van der Waals surface area (Å²) in [7, 11) is 0. The number of carboxylic acids is 3. The zero-order valence-corrected chi connectivity index (χ0v) is 12.8.